The molecule has 4 heteroatoms. The predicted octanol–water partition coefficient (Wildman–Crippen LogP) is 1.17. The maximum absolute atomic E-state index is 11.7. The molecule has 0 spiro atoms. The summed E-state index contributed by atoms with van der Waals surface area (Å²) in [6, 6.07) is 0. The van der Waals surface area contributed by atoms with Gasteiger partial charge < -0.3 is 14.7 Å². The van der Waals surface area contributed by atoms with Gasteiger partial charge in [0.2, 0.25) is 5.91 Å². The smallest absolute Gasteiger partial charge is 0.248 e. The van der Waals surface area contributed by atoms with Crippen LogP contribution in [-0.2, 0) is 9.53 Å². The van der Waals surface area contributed by atoms with Crippen molar-refractivity contribution in [3.8, 4) is 0 Å². The standard InChI is InChI=1S/C12H23NO3/c1-3-13(4-2)12(15)9-16-11-7-5-10(14)6-8-11/h10-11,14H,3-9H2,1-2H3. The highest BCUT2D eigenvalue weighted by atomic mass is 16.5. The van der Waals surface area contributed by atoms with Gasteiger partial charge >= 0.3 is 0 Å². The highest BCUT2D eigenvalue weighted by molar-refractivity contribution is 5.77. The third kappa shape index (κ3) is 4.10. The number of amides is 1. The summed E-state index contributed by atoms with van der Waals surface area (Å²) in [7, 11) is 0. The van der Waals surface area contributed by atoms with Gasteiger partial charge in [-0.2, -0.15) is 0 Å². The van der Waals surface area contributed by atoms with Gasteiger partial charge in [0.15, 0.2) is 0 Å². The summed E-state index contributed by atoms with van der Waals surface area (Å²) in [5, 5.41) is 9.34. The van der Waals surface area contributed by atoms with Gasteiger partial charge in [0.25, 0.3) is 0 Å². The molecule has 16 heavy (non-hydrogen) atoms. The highest BCUT2D eigenvalue weighted by Gasteiger charge is 2.21. The Morgan fingerprint density at radius 3 is 2.31 bits per heavy atom. The lowest BCUT2D eigenvalue weighted by Crippen LogP contribution is -2.35. The van der Waals surface area contributed by atoms with Crippen molar-refractivity contribution in [3.05, 3.63) is 0 Å². The number of likely N-dealkylation sites (N-methyl/N-ethyl adjacent to an activating group) is 1. The summed E-state index contributed by atoms with van der Waals surface area (Å²) in [5.74, 6) is 0.0659. The Hall–Kier alpha value is -0.610. The Kier molecular flexibility index (Phi) is 5.77. The molecule has 1 amide bonds. The number of carbonyl (C=O) groups excluding carboxylic acids is 1. The Morgan fingerprint density at radius 2 is 1.81 bits per heavy atom. The Labute approximate surface area is 97.6 Å². The van der Waals surface area contributed by atoms with Gasteiger partial charge in [-0.1, -0.05) is 0 Å². The first-order valence-corrected chi connectivity index (χ1v) is 6.24. The number of nitrogens with zero attached hydrogens (tertiary/aromatic N) is 1. The number of carbonyl (C=O) groups is 1. The molecule has 0 radical (unpaired) electrons. The van der Waals surface area contributed by atoms with Crippen LogP contribution in [0.5, 0.6) is 0 Å². The molecular formula is C12H23NO3. The van der Waals surface area contributed by atoms with E-state index in [0.717, 1.165) is 38.8 Å². The third-order valence-electron chi connectivity index (χ3n) is 3.20. The molecule has 1 rings (SSSR count). The van der Waals surface area contributed by atoms with Crippen molar-refractivity contribution >= 4 is 5.91 Å². The van der Waals surface area contributed by atoms with E-state index < -0.39 is 0 Å². The van der Waals surface area contributed by atoms with Crippen molar-refractivity contribution in [3.63, 3.8) is 0 Å². The summed E-state index contributed by atoms with van der Waals surface area (Å²) in [6.07, 6.45) is 3.31. The molecule has 1 aliphatic carbocycles. The summed E-state index contributed by atoms with van der Waals surface area (Å²) >= 11 is 0. The number of aliphatic hydroxyl groups excluding tert-OH is 1. The van der Waals surface area contributed by atoms with E-state index in [4.69, 9.17) is 4.74 Å². The lowest BCUT2D eigenvalue weighted by Gasteiger charge is -2.26. The number of hydrogen-bond acceptors (Lipinski definition) is 3. The van der Waals surface area contributed by atoms with Crippen LogP contribution in [0, 0.1) is 0 Å². The highest BCUT2D eigenvalue weighted by Crippen LogP contribution is 2.20. The maximum atomic E-state index is 11.7. The van der Waals surface area contributed by atoms with Crippen LogP contribution >= 0.6 is 0 Å². The van der Waals surface area contributed by atoms with Gasteiger partial charge in [-0.15, -0.1) is 0 Å². The largest absolute Gasteiger partial charge is 0.393 e. The van der Waals surface area contributed by atoms with E-state index >= 15 is 0 Å². The fraction of sp³-hybridized carbons (Fsp3) is 0.917. The van der Waals surface area contributed by atoms with E-state index in [-0.39, 0.29) is 24.7 Å². The first-order valence-electron chi connectivity index (χ1n) is 6.24. The van der Waals surface area contributed by atoms with Crippen molar-refractivity contribution in [2.75, 3.05) is 19.7 Å². The van der Waals surface area contributed by atoms with Crippen molar-refractivity contribution in [1.82, 2.24) is 4.90 Å². The first-order chi connectivity index (χ1) is 7.67. The van der Waals surface area contributed by atoms with Crippen molar-refractivity contribution < 1.29 is 14.6 Å². The predicted molar refractivity (Wildman–Crippen MR) is 62.1 cm³/mol. The average molecular weight is 229 g/mol. The second-order valence-corrected chi connectivity index (χ2v) is 4.31. The number of ether oxygens (including phenoxy) is 1. The second kappa shape index (κ2) is 6.86. The molecule has 4 nitrogen and oxygen atoms in total. The summed E-state index contributed by atoms with van der Waals surface area (Å²) in [6.45, 7) is 5.60. The summed E-state index contributed by atoms with van der Waals surface area (Å²) in [5.41, 5.74) is 0. The minimum Gasteiger partial charge on any atom is -0.393 e. The Morgan fingerprint density at radius 1 is 1.25 bits per heavy atom. The molecule has 0 atom stereocenters. The number of rotatable bonds is 5. The third-order valence-corrected chi connectivity index (χ3v) is 3.20. The zero-order valence-corrected chi connectivity index (χ0v) is 10.3. The monoisotopic (exact) mass is 229 g/mol. The van der Waals surface area contributed by atoms with Gasteiger partial charge in [0.1, 0.15) is 6.61 Å². The normalized spacial score (nSPS) is 25.4. The molecule has 94 valence electrons. The molecule has 0 aromatic heterocycles. The van der Waals surface area contributed by atoms with Crippen LogP contribution in [0.25, 0.3) is 0 Å². The lowest BCUT2D eigenvalue weighted by molar-refractivity contribution is -0.138. The molecule has 0 aliphatic heterocycles. The molecule has 1 aliphatic rings. The number of aliphatic hydroxyl groups is 1. The van der Waals surface area contributed by atoms with Crippen LogP contribution in [0.15, 0.2) is 0 Å². The van der Waals surface area contributed by atoms with E-state index in [1.807, 2.05) is 13.8 Å². The molecule has 0 aromatic rings. The van der Waals surface area contributed by atoms with Crippen LogP contribution in [0.3, 0.4) is 0 Å². The van der Waals surface area contributed by atoms with Crippen LogP contribution in [-0.4, -0.2) is 47.8 Å². The van der Waals surface area contributed by atoms with Crippen molar-refractivity contribution in [2.24, 2.45) is 0 Å². The number of hydrogen-bond donors (Lipinski definition) is 1. The Bertz CT molecular complexity index is 208. The fourth-order valence-electron chi connectivity index (χ4n) is 2.07. The topological polar surface area (TPSA) is 49.8 Å². The minimum absolute atomic E-state index is 0.0659. The van der Waals surface area contributed by atoms with Gasteiger partial charge in [-0.05, 0) is 39.5 Å². The van der Waals surface area contributed by atoms with E-state index in [1.54, 1.807) is 4.90 Å². The molecule has 1 saturated carbocycles. The van der Waals surface area contributed by atoms with Gasteiger partial charge in [0, 0.05) is 13.1 Å². The van der Waals surface area contributed by atoms with Crippen LogP contribution < -0.4 is 0 Å². The lowest BCUT2D eigenvalue weighted by atomic mass is 9.95. The van der Waals surface area contributed by atoms with Crippen LogP contribution in [0.1, 0.15) is 39.5 Å². The van der Waals surface area contributed by atoms with E-state index in [1.165, 1.54) is 0 Å². The average Bonchev–Trinajstić information content (AvgIpc) is 2.30. The van der Waals surface area contributed by atoms with E-state index in [2.05, 4.69) is 0 Å². The molecule has 0 saturated heterocycles. The first kappa shape index (κ1) is 13.5. The molecular weight excluding hydrogens is 206 g/mol. The zero-order chi connectivity index (χ0) is 12.0. The molecule has 0 aromatic carbocycles. The zero-order valence-electron chi connectivity index (χ0n) is 10.3. The fourth-order valence-corrected chi connectivity index (χ4v) is 2.07. The summed E-state index contributed by atoms with van der Waals surface area (Å²) in [4.78, 5) is 13.4. The molecule has 1 N–H and O–H groups in total. The second-order valence-electron chi connectivity index (χ2n) is 4.31. The molecule has 1 fully saturated rings. The molecule has 0 unspecified atom stereocenters. The van der Waals surface area contributed by atoms with Gasteiger partial charge in [-0.25, -0.2) is 0 Å². The van der Waals surface area contributed by atoms with Gasteiger partial charge in [0.05, 0.1) is 12.2 Å². The molecule has 0 heterocycles. The van der Waals surface area contributed by atoms with E-state index in [0.29, 0.717) is 0 Å². The van der Waals surface area contributed by atoms with Crippen molar-refractivity contribution in [1.29, 1.82) is 0 Å². The summed E-state index contributed by atoms with van der Waals surface area (Å²) < 4.78 is 5.58. The minimum atomic E-state index is -0.168. The van der Waals surface area contributed by atoms with Gasteiger partial charge in [-0.3, -0.25) is 4.79 Å². The SMILES string of the molecule is CCN(CC)C(=O)COC1CCC(O)CC1. The molecule has 0 bridgehead atoms. The van der Waals surface area contributed by atoms with E-state index in [9.17, 15) is 9.90 Å². The van der Waals surface area contributed by atoms with Crippen LogP contribution in [0.2, 0.25) is 0 Å². The quantitative estimate of drug-likeness (QED) is 0.770. The van der Waals surface area contributed by atoms with Crippen LogP contribution in [0.4, 0.5) is 0 Å². The maximum Gasteiger partial charge on any atom is 0.248 e. The van der Waals surface area contributed by atoms with Crippen molar-refractivity contribution in [2.45, 2.75) is 51.7 Å². The Balaban J connectivity index is 2.21.